The number of carbonyl (C=O) groups is 1. The van der Waals surface area contributed by atoms with Gasteiger partial charge in [-0.1, -0.05) is 0 Å². The maximum Gasteiger partial charge on any atom is 0.257 e. The molecule has 0 aliphatic carbocycles. The number of fused-ring (bicyclic) bond motifs is 1. The van der Waals surface area contributed by atoms with Gasteiger partial charge in [0.2, 0.25) is 0 Å². The normalized spacial score (nSPS) is 24.4. The Bertz CT molecular complexity index is 675. The Morgan fingerprint density at radius 3 is 2.60 bits per heavy atom. The summed E-state index contributed by atoms with van der Waals surface area (Å²) in [4.78, 5) is 13.4. The predicted molar refractivity (Wildman–Crippen MR) is 78.6 cm³/mol. The molecular weight excluding hydrogens is 348 g/mol. The van der Waals surface area contributed by atoms with E-state index in [9.17, 15) is 18.3 Å². The fourth-order valence-electron chi connectivity index (χ4n) is 2.45. The Balaban J connectivity index is 1.93. The lowest BCUT2D eigenvalue weighted by Gasteiger charge is -2.30. The first-order chi connectivity index (χ1) is 9.37. The van der Waals surface area contributed by atoms with E-state index in [1.807, 2.05) is 4.90 Å². The molecule has 0 saturated carbocycles. The summed E-state index contributed by atoms with van der Waals surface area (Å²) in [6.45, 7) is 0.854. The molecule has 2 heterocycles. The summed E-state index contributed by atoms with van der Waals surface area (Å²) in [7, 11) is -2.93. The molecule has 1 aromatic rings. The number of amides is 1. The average molecular weight is 361 g/mol. The average Bonchev–Trinajstić information content (AvgIpc) is 2.65. The molecule has 2 aliphatic heterocycles. The van der Waals surface area contributed by atoms with Gasteiger partial charge in [-0.25, -0.2) is 8.42 Å². The largest absolute Gasteiger partial charge is 0.378 e. The molecule has 1 fully saturated rings. The van der Waals surface area contributed by atoms with Crippen molar-refractivity contribution < 1.29 is 18.3 Å². The molecule has 1 atom stereocenters. The highest BCUT2D eigenvalue weighted by Gasteiger charge is 2.31. The molecular formula is C12H13BrN2O4S. The molecule has 2 N–H and O–H groups in total. The van der Waals surface area contributed by atoms with Crippen LogP contribution in [-0.4, -0.2) is 44.0 Å². The van der Waals surface area contributed by atoms with Gasteiger partial charge in [0.1, 0.15) is 0 Å². The van der Waals surface area contributed by atoms with Crippen molar-refractivity contribution in [3.05, 3.63) is 22.2 Å². The van der Waals surface area contributed by atoms with E-state index in [1.54, 1.807) is 12.1 Å². The first kappa shape index (κ1) is 13.8. The summed E-state index contributed by atoms with van der Waals surface area (Å²) in [5.41, 5.74) is 1.94. The smallest absolute Gasteiger partial charge is 0.257 e. The van der Waals surface area contributed by atoms with Crippen LogP contribution in [0.15, 0.2) is 16.6 Å². The SMILES string of the molecule is O=C1Nc2cc(N3CCS(=O)(=O)CC3)c(Br)cc2C1O. The van der Waals surface area contributed by atoms with Crippen LogP contribution in [-0.2, 0) is 14.6 Å². The van der Waals surface area contributed by atoms with Crippen molar-refractivity contribution in [2.24, 2.45) is 0 Å². The van der Waals surface area contributed by atoms with E-state index in [1.165, 1.54) is 0 Å². The summed E-state index contributed by atoms with van der Waals surface area (Å²) in [5.74, 6) is -0.179. The van der Waals surface area contributed by atoms with E-state index in [-0.39, 0.29) is 11.5 Å². The second-order valence-corrected chi connectivity index (χ2v) is 8.08. The highest BCUT2D eigenvalue weighted by atomic mass is 79.9. The van der Waals surface area contributed by atoms with E-state index < -0.39 is 21.8 Å². The number of rotatable bonds is 1. The Labute approximate surface area is 124 Å². The number of nitrogens with one attached hydrogen (secondary N) is 1. The summed E-state index contributed by atoms with van der Waals surface area (Å²) < 4.78 is 23.7. The molecule has 0 radical (unpaired) electrons. The second kappa shape index (κ2) is 4.71. The Morgan fingerprint density at radius 2 is 1.95 bits per heavy atom. The van der Waals surface area contributed by atoms with Gasteiger partial charge in [-0.05, 0) is 28.1 Å². The van der Waals surface area contributed by atoms with Crippen molar-refractivity contribution in [3.63, 3.8) is 0 Å². The number of carbonyl (C=O) groups excluding carboxylic acids is 1. The zero-order valence-corrected chi connectivity index (χ0v) is 12.9. The van der Waals surface area contributed by atoms with Crippen LogP contribution in [0, 0.1) is 0 Å². The van der Waals surface area contributed by atoms with Gasteiger partial charge in [0.15, 0.2) is 15.9 Å². The first-order valence-electron chi connectivity index (χ1n) is 6.15. The van der Waals surface area contributed by atoms with Crippen LogP contribution in [0.1, 0.15) is 11.7 Å². The summed E-state index contributed by atoms with van der Waals surface area (Å²) in [6.07, 6.45) is -1.14. The minimum absolute atomic E-state index is 0.130. The number of anilines is 2. The highest BCUT2D eigenvalue weighted by Crippen LogP contribution is 2.39. The molecule has 1 amide bonds. The van der Waals surface area contributed by atoms with Crippen LogP contribution in [0.5, 0.6) is 0 Å². The highest BCUT2D eigenvalue weighted by molar-refractivity contribution is 9.10. The van der Waals surface area contributed by atoms with Gasteiger partial charge in [0.05, 0.1) is 17.2 Å². The van der Waals surface area contributed by atoms with Gasteiger partial charge in [-0.15, -0.1) is 0 Å². The molecule has 1 unspecified atom stereocenters. The monoisotopic (exact) mass is 360 g/mol. The van der Waals surface area contributed by atoms with Gasteiger partial charge in [0, 0.05) is 28.8 Å². The zero-order valence-electron chi connectivity index (χ0n) is 10.5. The van der Waals surface area contributed by atoms with Crippen LogP contribution in [0.25, 0.3) is 0 Å². The van der Waals surface area contributed by atoms with Crippen molar-refractivity contribution in [2.45, 2.75) is 6.10 Å². The molecule has 20 heavy (non-hydrogen) atoms. The number of halogens is 1. The second-order valence-electron chi connectivity index (χ2n) is 4.92. The van der Waals surface area contributed by atoms with Crippen molar-refractivity contribution in [3.8, 4) is 0 Å². The lowest BCUT2D eigenvalue weighted by atomic mass is 10.1. The van der Waals surface area contributed by atoms with Gasteiger partial charge < -0.3 is 15.3 Å². The van der Waals surface area contributed by atoms with E-state index in [4.69, 9.17) is 0 Å². The topological polar surface area (TPSA) is 86.7 Å². The predicted octanol–water partition coefficient (Wildman–Crippen LogP) is 0.669. The van der Waals surface area contributed by atoms with Crippen molar-refractivity contribution in [2.75, 3.05) is 34.8 Å². The Kier molecular flexibility index (Phi) is 3.26. The fraction of sp³-hybridized carbons (Fsp3) is 0.417. The van der Waals surface area contributed by atoms with Crippen LogP contribution in [0.3, 0.4) is 0 Å². The Morgan fingerprint density at radius 1 is 1.30 bits per heavy atom. The summed E-state index contributed by atoms with van der Waals surface area (Å²) in [5, 5.41) is 12.3. The summed E-state index contributed by atoms with van der Waals surface area (Å²) >= 11 is 3.42. The number of hydrogen-bond donors (Lipinski definition) is 2. The van der Waals surface area contributed by atoms with Gasteiger partial charge >= 0.3 is 0 Å². The standard InChI is InChI=1S/C12H13BrN2O4S/c13-8-5-7-9(14-12(17)11(7)16)6-10(8)15-1-3-20(18,19)4-2-15/h5-6,11,16H,1-4H2,(H,14,17). The minimum atomic E-state index is -2.93. The number of aliphatic hydroxyl groups is 1. The molecule has 0 aromatic heterocycles. The third kappa shape index (κ3) is 2.32. The number of hydrogen-bond acceptors (Lipinski definition) is 5. The fourth-order valence-corrected chi connectivity index (χ4v) is 4.26. The molecule has 108 valence electrons. The van der Waals surface area contributed by atoms with Gasteiger partial charge in [-0.3, -0.25) is 4.79 Å². The molecule has 3 rings (SSSR count). The molecule has 0 spiro atoms. The quantitative estimate of drug-likeness (QED) is 0.768. The van der Waals surface area contributed by atoms with Crippen molar-refractivity contribution in [1.82, 2.24) is 0 Å². The van der Waals surface area contributed by atoms with Crippen molar-refractivity contribution in [1.29, 1.82) is 0 Å². The lowest BCUT2D eigenvalue weighted by Crippen LogP contribution is -2.40. The molecule has 2 aliphatic rings. The lowest BCUT2D eigenvalue weighted by molar-refractivity contribution is -0.123. The van der Waals surface area contributed by atoms with E-state index in [0.29, 0.717) is 24.3 Å². The molecule has 1 saturated heterocycles. The van der Waals surface area contributed by atoms with Gasteiger partial charge in [-0.2, -0.15) is 0 Å². The van der Waals surface area contributed by atoms with Crippen LogP contribution < -0.4 is 10.2 Å². The van der Waals surface area contributed by atoms with Crippen LogP contribution in [0.2, 0.25) is 0 Å². The Hall–Kier alpha value is -1.12. The first-order valence-corrected chi connectivity index (χ1v) is 8.76. The van der Waals surface area contributed by atoms with Crippen molar-refractivity contribution >= 4 is 43.0 Å². The molecule has 0 bridgehead atoms. The number of nitrogens with zero attached hydrogens (tertiary/aromatic N) is 1. The van der Waals surface area contributed by atoms with E-state index in [2.05, 4.69) is 21.2 Å². The minimum Gasteiger partial charge on any atom is -0.378 e. The molecule has 6 nitrogen and oxygen atoms in total. The maximum atomic E-state index is 11.5. The van der Waals surface area contributed by atoms with Crippen LogP contribution in [0.4, 0.5) is 11.4 Å². The van der Waals surface area contributed by atoms with Gasteiger partial charge in [0.25, 0.3) is 5.91 Å². The summed E-state index contributed by atoms with van der Waals surface area (Å²) in [6, 6.07) is 3.47. The third-order valence-corrected chi connectivity index (χ3v) is 5.85. The zero-order chi connectivity index (χ0) is 14.5. The number of sulfone groups is 1. The maximum absolute atomic E-state index is 11.5. The molecule has 8 heteroatoms. The third-order valence-electron chi connectivity index (χ3n) is 3.60. The number of aliphatic hydroxyl groups excluding tert-OH is 1. The number of benzene rings is 1. The van der Waals surface area contributed by atoms with Crippen LogP contribution >= 0.6 is 15.9 Å². The molecule has 1 aromatic carbocycles. The van der Waals surface area contributed by atoms with E-state index in [0.717, 1.165) is 10.2 Å². The van der Waals surface area contributed by atoms with E-state index >= 15 is 0 Å².